The molecule has 6 heteroatoms. The molecule has 0 bridgehead atoms. The highest BCUT2D eigenvalue weighted by atomic mass is 127. The van der Waals surface area contributed by atoms with Gasteiger partial charge in [-0.2, -0.15) is 0 Å². The molecule has 0 aromatic carbocycles. The van der Waals surface area contributed by atoms with Crippen LogP contribution in [0, 0.1) is 11.3 Å². The maximum atomic E-state index is 5.51. The molecule has 2 saturated heterocycles. The number of likely N-dealkylation sites (tertiary alicyclic amines) is 1. The van der Waals surface area contributed by atoms with Crippen molar-refractivity contribution in [1.29, 1.82) is 0 Å². The Labute approximate surface area is 152 Å². The molecule has 0 radical (unpaired) electrons. The Morgan fingerprint density at radius 2 is 2.14 bits per heavy atom. The maximum Gasteiger partial charge on any atom is 0.191 e. The van der Waals surface area contributed by atoms with Crippen LogP contribution in [0.1, 0.15) is 34.1 Å². The first kappa shape index (κ1) is 20.0. The maximum absolute atomic E-state index is 5.51. The molecule has 2 fully saturated rings. The minimum Gasteiger partial charge on any atom is -0.381 e. The van der Waals surface area contributed by atoms with E-state index in [4.69, 9.17) is 4.74 Å². The van der Waals surface area contributed by atoms with Crippen molar-refractivity contribution in [1.82, 2.24) is 15.5 Å². The summed E-state index contributed by atoms with van der Waals surface area (Å²) in [6.07, 6.45) is 1.12. The summed E-state index contributed by atoms with van der Waals surface area (Å²) in [5, 5.41) is 7.08. The van der Waals surface area contributed by atoms with E-state index in [2.05, 4.69) is 48.2 Å². The fourth-order valence-electron chi connectivity index (χ4n) is 3.13. The van der Waals surface area contributed by atoms with Gasteiger partial charge in [-0.3, -0.25) is 9.89 Å². The van der Waals surface area contributed by atoms with Crippen LogP contribution in [0.25, 0.3) is 0 Å². The number of guanidine groups is 1. The quantitative estimate of drug-likeness (QED) is 0.412. The van der Waals surface area contributed by atoms with E-state index in [-0.39, 0.29) is 29.4 Å². The smallest absolute Gasteiger partial charge is 0.191 e. The normalized spacial score (nSPS) is 33.1. The second-order valence-electron chi connectivity index (χ2n) is 7.31. The third-order valence-electron chi connectivity index (χ3n) is 4.90. The van der Waals surface area contributed by atoms with Crippen LogP contribution in [0.4, 0.5) is 0 Å². The summed E-state index contributed by atoms with van der Waals surface area (Å²) >= 11 is 0. The zero-order valence-electron chi connectivity index (χ0n) is 14.7. The highest BCUT2D eigenvalue weighted by Gasteiger charge is 2.33. The molecule has 130 valence electrons. The average molecular weight is 424 g/mol. The van der Waals surface area contributed by atoms with E-state index in [1.54, 1.807) is 0 Å². The second kappa shape index (κ2) is 8.68. The standard InChI is InChI=1S/C16H32N4O.HI/c1-12(2)20-8-13(3)14(9-20)19-15(17-5)18-10-16(4)6-7-21-11-16;/h12-14H,6-11H2,1-5H3,(H2,17,18,19);1H. The van der Waals surface area contributed by atoms with Crippen LogP contribution in [0.15, 0.2) is 4.99 Å². The Bertz CT molecular complexity index is 369. The van der Waals surface area contributed by atoms with Crippen molar-refractivity contribution in [2.24, 2.45) is 16.3 Å². The summed E-state index contributed by atoms with van der Waals surface area (Å²) in [5.74, 6) is 1.57. The Hall–Kier alpha value is -0.0800. The van der Waals surface area contributed by atoms with E-state index in [9.17, 15) is 0 Å². The first-order valence-electron chi connectivity index (χ1n) is 8.22. The molecule has 2 aliphatic heterocycles. The van der Waals surface area contributed by atoms with Crippen molar-refractivity contribution < 1.29 is 4.74 Å². The van der Waals surface area contributed by atoms with Crippen molar-refractivity contribution in [3.8, 4) is 0 Å². The molecule has 0 aliphatic carbocycles. The van der Waals surface area contributed by atoms with Gasteiger partial charge in [-0.1, -0.05) is 13.8 Å². The van der Waals surface area contributed by atoms with Gasteiger partial charge in [0.05, 0.1) is 6.61 Å². The third kappa shape index (κ3) is 5.23. The number of rotatable bonds is 4. The number of halogens is 1. The van der Waals surface area contributed by atoms with Crippen molar-refractivity contribution in [2.75, 3.05) is 39.9 Å². The lowest BCUT2D eigenvalue weighted by molar-refractivity contribution is 0.160. The van der Waals surface area contributed by atoms with Crippen molar-refractivity contribution in [2.45, 2.75) is 46.2 Å². The number of aliphatic imine (C=N–C) groups is 1. The van der Waals surface area contributed by atoms with Crippen LogP contribution >= 0.6 is 24.0 Å². The number of hydrogen-bond donors (Lipinski definition) is 2. The van der Waals surface area contributed by atoms with Gasteiger partial charge in [0.1, 0.15) is 0 Å². The molecule has 0 aromatic rings. The Morgan fingerprint density at radius 1 is 1.41 bits per heavy atom. The zero-order valence-corrected chi connectivity index (χ0v) is 17.0. The van der Waals surface area contributed by atoms with Gasteiger partial charge in [-0.05, 0) is 26.2 Å². The minimum atomic E-state index is 0. The van der Waals surface area contributed by atoms with Crippen LogP contribution < -0.4 is 10.6 Å². The SMILES string of the molecule is CN=C(NCC1(C)CCOC1)NC1CN(C(C)C)CC1C.I. The van der Waals surface area contributed by atoms with Crippen molar-refractivity contribution in [3.05, 3.63) is 0 Å². The Kier molecular flexibility index (Phi) is 7.88. The lowest BCUT2D eigenvalue weighted by Crippen LogP contribution is -2.49. The molecule has 2 N–H and O–H groups in total. The third-order valence-corrected chi connectivity index (χ3v) is 4.90. The predicted molar refractivity (Wildman–Crippen MR) is 103 cm³/mol. The summed E-state index contributed by atoms with van der Waals surface area (Å²) in [6, 6.07) is 1.09. The largest absolute Gasteiger partial charge is 0.381 e. The summed E-state index contributed by atoms with van der Waals surface area (Å²) in [5.41, 5.74) is 0.239. The highest BCUT2D eigenvalue weighted by molar-refractivity contribution is 14.0. The van der Waals surface area contributed by atoms with Crippen molar-refractivity contribution in [3.63, 3.8) is 0 Å². The highest BCUT2D eigenvalue weighted by Crippen LogP contribution is 2.26. The topological polar surface area (TPSA) is 48.9 Å². The first-order valence-corrected chi connectivity index (χ1v) is 8.22. The van der Waals surface area contributed by atoms with E-state index in [1.165, 1.54) is 0 Å². The van der Waals surface area contributed by atoms with Crippen molar-refractivity contribution >= 4 is 29.9 Å². The van der Waals surface area contributed by atoms with Gasteiger partial charge >= 0.3 is 0 Å². The van der Waals surface area contributed by atoms with Gasteiger partial charge in [-0.15, -0.1) is 24.0 Å². The summed E-state index contributed by atoms with van der Waals surface area (Å²) in [4.78, 5) is 6.91. The van der Waals surface area contributed by atoms with E-state index in [1.807, 2.05) is 7.05 Å². The second-order valence-corrected chi connectivity index (χ2v) is 7.31. The number of nitrogens with zero attached hydrogens (tertiary/aromatic N) is 2. The number of nitrogens with one attached hydrogen (secondary N) is 2. The van der Waals surface area contributed by atoms with Gasteiger partial charge < -0.3 is 15.4 Å². The molecule has 22 heavy (non-hydrogen) atoms. The molecule has 2 aliphatic rings. The van der Waals surface area contributed by atoms with Crippen LogP contribution in [0.2, 0.25) is 0 Å². The molecular weight excluding hydrogens is 391 g/mol. The predicted octanol–water partition coefficient (Wildman–Crippen LogP) is 1.92. The zero-order chi connectivity index (χ0) is 15.5. The molecule has 3 unspecified atom stereocenters. The average Bonchev–Trinajstić information content (AvgIpc) is 3.02. The molecule has 2 rings (SSSR count). The van der Waals surface area contributed by atoms with Crippen LogP contribution in [0.5, 0.6) is 0 Å². The first-order chi connectivity index (χ1) is 9.93. The minimum absolute atomic E-state index is 0. The van der Waals surface area contributed by atoms with Gasteiger partial charge in [0.25, 0.3) is 0 Å². The molecule has 0 spiro atoms. The Balaban J connectivity index is 0.00000242. The van der Waals surface area contributed by atoms with Crippen LogP contribution in [-0.4, -0.2) is 62.8 Å². The molecular formula is C16H33IN4O. The summed E-state index contributed by atoms with van der Waals surface area (Å²) in [7, 11) is 1.85. The van der Waals surface area contributed by atoms with Gasteiger partial charge in [0.2, 0.25) is 0 Å². The number of ether oxygens (including phenoxy) is 1. The van der Waals surface area contributed by atoms with Crippen LogP contribution in [-0.2, 0) is 4.74 Å². The molecule has 0 saturated carbocycles. The van der Waals surface area contributed by atoms with E-state index in [0.717, 1.165) is 45.2 Å². The van der Waals surface area contributed by atoms with E-state index in [0.29, 0.717) is 18.0 Å². The molecule has 3 atom stereocenters. The number of hydrogen-bond acceptors (Lipinski definition) is 3. The Morgan fingerprint density at radius 3 is 2.64 bits per heavy atom. The van der Waals surface area contributed by atoms with Gasteiger partial charge in [-0.25, -0.2) is 0 Å². The van der Waals surface area contributed by atoms with Crippen LogP contribution in [0.3, 0.4) is 0 Å². The molecule has 5 nitrogen and oxygen atoms in total. The molecule has 2 heterocycles. The monoisotopic (exact) mass is 424 g/mol. The molecule has 0 amide bonds. The van der Waals surface area contributed by atoms with E-state index < -0.39 is 0 Å². The molecule has 0 aromatic heterocycles. The summed E-state index contributed by atoms with van der Waals surface area (Å²) in [6.45, 7) is 14.0. The lowest BCUT2D eigenvalue weighted by Gasteiger charge is -2.26. The fraction of sp³-hybridized carbons (Fsp3) is 0.938. The summed E-state index contributed by atoms with van der Waals surface area (Å²) < 4.78 is 5.51. The fourth-order valence-corrected chi connectivity index (χ4v) is 3.13. The van der Waals surface area contributed by atoms with Gasteiger partial charge in [0, 0.05) is 50.8 Å². The lowest BCUT2D eigenvalue weighted by atomic mass is 9.90. The van der Waals surface area contributed by atoms with E-state index >= 15 is 0 Å². The van der Waals surface area contributed by atoms with Gasteiger partial charge in [0.15, 0.2) is 5.96 Å².